The Hall–Kier alpha value is -1.60. The van der Waals surface area contributed by atoms with Gasteiger partial charge in [-0.05, 0) is 26.4 Å². The molecule has 0 bridgehead atoms. The van der Waals surface area contributed by atoms with Crippen molar-refractivity contribution < 1.29 is 9.90 Å². The third-order valence-corrected chi connectivity index (χ3v) is 3.15. The van der Waals surface area contributed by atoms with Gasteiger partial charge in [-0.3, -0.25) is 10.00 Å². The van der Waals surface area contributed by atoms with E-state index in [1.54, 1.807) is 10.7 Å². The zero-order chi connectivity index (χ0) is 15.8. The summed E-state index contributed by atoms with van der Waals surface area (Å²) in [4.78, 5) is 13.7. The van der Waals surface area contributed by atoms with Gasteiger partial charge in [0.15, 0.2) is 5.82 Å². The van der Waals surface area contributed by atoms with Gasteiger partial charge in [0, 0.05) is 25.4 Å². The van der Waals surface area contributed by atoms with Crippen molar-refractivity contribution in [1.29, 1.82) is 0 Å². The van der Waals surface area contributed by atoms with Crippen molar-refractivity contribution in [2.75, 3.05) is 32.5 Å². The molecule has 0 saturated heterocycles. The Bertz CT molecular complexity index is 431. The summed E-state index contributed by atoms with van der Waals surface area (Å²) < 4.78 is 1.79. The smallest absolute Gasteiger partial charge is 0.320 e. The lowest BCUT2D eigenvalue weighted by Crippen LogP contribution is -2.32. The molecule has 0 aromatic carbocycles. The number of nitrogens with one attached hydrogen (secondary N) is 2. The average Bonchev–Trinajstić information content (AvgIpc) is 2.83. The molecule has 0 spiro atoms. The number of nitrogens with zero attached hydrogens (tertiary/aromatic N) is 3. The van der Waals surface area contributed by atoms with Crippen molar-refractivity contribution in [3.8, 4) is 0 Å². The molecule has 1 unspecified atom stereocenters. The van der Waals surface area contributed by atoms with Gasteiger partial charge in [-0.1, -0.05) is 13.8 Å². The minimum absolute atomic E-state index is 0.197. The van der Waals surface area contributed by atoms with Crippen LogP contribution in [0.4, 0.5) is 10.6 Å². The second-order valence-corrected chi connectivity index (χ2v) is 5.75. The van der Waals surface area contributed by atoms with Crippen molar-refractivity contribution in [1.82, 2.24) is 20.0 Å². The Balaban J connectivity index is 2.28. The third-order valence-electron chi connectivity index (χ3n) is 3.15. The van der Waals surface area contributed by atoms with Gasteiger partial charge in [0.25, 0.3) is 0 Å². The number of urea groups is 1. The number of aliphatic hydroxyl groups excluding tert-OH is 1. The molecule has 0 aliphatic heterocycles. The monoisotopic (exact) mass is 297 g/mol. The van der Waals surface area contributed by atoms with Crippen LogP contribution in [0.2, 0.25) is 0 Å². The molecule has 1 rings (SSSR count). The average molecular weight is 297 g/mol. The van der Waals surface area contributed by atoms with E-state index in [-0.39, 0.29) is 11.9 Å². The van der Waals surface area contributed by atoms with Gasteiger partial charge in [-0.15, -0.1) is 0 Å². The second kappa shape index (κ2) is 8.63. The van der Waals surface area contributed by atoms with Crippen LogP contribution in [0.1, 0.15) is 20.3 Å². The van der Waals surface area contributed by atoms with Crippen molar-refractivity contribution in [2.24, 2.45) is 5.92 Å². The Morgan fingerprint density at radius 1 is 1.48 bits per heavy atom. The molecular formula is C14H27N5O2. The van der Waals surface area contributed by atoms with Gasteiger partial charge < -0.3 is 15.3 Å². The van der Waals surface area contributed by atoms with Gasteiger partial charge in [0.2, 0.25) is 0 Å². The Kier molecular flexibility index (Phi) is 7.18. The van der Waals surface area contributed by atoms with Crippen LogP contribution < -0.4 is 10.6 Å². The zero-order valence-corrected chi connectivity index (χ0v) is 13.3. The highest BCUT2D eigenvalue weighted by Gasteiger charge is 2.10. The summed E-state index contributed by atoms with van der Waals surface area (Å²) in [5.41, 5.74) is 0. The number of likely N-dealkylation sites (N-methyl/N-ethyl adjacent to an activating group) is 1. The largest absolute Gasteiger partial charge is 0.393 e. The molecule has 0 aliphatic carbocycles. The fourth-order valence-electron chi connectivity index (χ4n) is 1.68. The quantitative estimate of drug-likeness (QED) is 0.668. The van der Waals surface area contributed by atoms with E-state index in [0.29, 0.717) is 18.8 Å². The molecule has 1 aromatic heterocycles. The first-order chi connectivity index (χ1) is 9.88. The molecule has 3 N–H and O–H groups in total. The molecule has 1 heterocycles. The van der Waals surface area contributed by atoms with Crippen LogP contribution in [0.5, 0.6) is 0 Å². The Morgan fingerprint density at radius 3 is 2.81 bits per heavy atom. The molecule has 0 radical (unpaired) electrons. The van der Waals surface area contributed by atoms with E-state index in [2.05, 4.69) is 20.6 Å². The summed E-state index contributed by atoms with van der Waals surface area (Å²) in [5.74, 6) is 0.720. The van der Waals surface area contributed by atoms with E-state index in [1.165, 1.54) is 0 Å². The summed E-state index contributed by atoms with van der Waals surface area (Å²) in [6.07, 6.45) is 1.99. The van der Waals surface area contributed by atoms with E-state index in [9.17, 15) is 9.90 Å². The maximum absolute atomic E-state index is 11.7. The first-order valence-corrected chi connectivity index (χ1v) is 7.29. The number of aromatic nitrogens is 2. The summed E-state index contributed by atoms with van der Waals surface area (Å²) in [6, 6.07) is 1.46. The molecule has 0 saturated carbocycles. The van der Waals surface area contributed by atoms with Crippen LogP contribution in [0.15, 0.2) is 12.3 Å². The number of hydrogen-bond acceptors (Lipinski definition) is 4. The maximum atomic E-state index is 11.7. The summed E-state index contributed by atoms with van der Waals surface area (Å²) in [7, 11) is 4.00. The lowest BCUT2D eigenvalue weighted by atomic mass is 10.0. The number of aliphatic hydroxyl groups is 1. The highest BCUT2D eigenvalue weighted by Crippen LogP contribution is 2.05. The van der Waals surface area contributed by atoms with Crippen LogP contribution in [0, 0.1) is 5.92 Å². The van der Waals surface area contributed by atoms with Crippen molar-refractivity contribution in [3.05, 3.63) is 12.3 Å². The first kappa shape index (κ1) is 17.5. The van der Waals surface area contributed by atoms with Crippen LogP contribution in [0.3, 0.4) is 0 Å². The summed E-state index contributed by atoms with van der Waals surface area (Å²) in [6.45, 7) is 6.00. The molecular weight excluding hydrogens is 270 g/mol. The van der Waals surface area contributed by atoms with Gasteiger partial charge in [-0.25, -0.2) is 4.79 Å². The number of rotatable bonds is 8. The van der Waals surface area contributed by atoms with E-state index >= 15 is 0 Å². The van der Waals surface area contributed by atoms with Crippen molar-refractivity contribution in [2.45, 2.75) is 32.9 Å². The third kappa shape index (κ3) is 7.10. The predicted octanol–water partition coefficient (Wildman–Crippen LogP) is 0.973. The van der Waals surface area contributed by atoms with E-state index in [1.807, 2.05) is 34.1 Å². The number of hydrogen-bond donors (Lipinski definition) is 3. The van der Waals surface area contributed by atoms with E-state index < -0.39 is 6.10 Å². The van der Waals surface area contributed by atoms with Gasteiger partial charge in [0.05, 0.1) is 12.6 Å². The van der Waals surface area contributed by atoms with Crippen LogP contribution in [-0.4, -0.2) is 59.1 Å². The highest BCUT2D eigenvalue weighted by atomic mass is 16.3. The first-order valence-electron chi connectivity index (χ1n) is 7.29. The topological polar surface area (TPSA) is 82.4 Å². The summed E-state index contributed by atoms with van der Waals surface area (Å²) >= 11 is 0. The molecule has 21 heavy (non-hydrogen) atoms. The molecule has 1 atom stereocenters. The molecule has 0 aliphatic rings. The number of anilines is 1. The van der Waals surface area contributed by atoms with Crippen molar-refractivity contribution in [3.63, 3.8) is 0 Å². The van der Waals surface area contributed by atoms with E-state index in [4.69, 9.17) is 0 Å². The minimum atomic E-state index is -0.393. The van der Waals surface area contributed by atoms with Gasteiger partial charge in [-0.2, -0.15) is 5.10 Å². The molecule has 120 valence electrons. The number of carbonyl (C=O) groups excluding carboxylic acids is 1. The fraction of sp³-hybridized carbons (Fsp3) is 0.714. The normalized spacial score (nSPS) is 12.7. The Labute approximate surface area is 126 Å². The number of carbonyl (C=O) groups is 1. The Morgan fingerprint density at radius 2 is 2.19 bits per heavy atom. The van der Waals surface area contributed by atoms with Crippen LogP contribution in [-0.2, 0) is 6.54 Å². The fourth-order valence-corrected chi connectivity index (χ4v) is 1.68. The standard InChI is InChI=1S/C14H27N5O2/c1-11(2)12(20)5-7-15-14(21)16-13-6-8-19(17-13)10-9-18(3)4/h6,8,11-12,20H,5,7,9-10H2,1-4H3,(H2,15,16,17,21). The lowest BCUT2D eigenvalue weighted by Gasteiger charge is -2.14. The molecule has 7 heteroatoms. The van der Waals surface area contributed by atoms with Gasteiger partial charge >= 0.3 is 6.03 Å². The predicted molar refractivity (Wildman–Crippen MR) is 83.3 cm³/mol. The number of amides is 2. The molecule has 0 fully saturated rings. The van der Waals surface area contributed by atoms with Crippen LogP contribution >= 0.6 is 0 Å². The highest BCUT2D eigenvalue weighted by molar-refractivity contribution is 5.88. The maximum Gasteiger partial charge on any atom is 0.320 e. The lowest BCUT2D eigenvalue weighted by molar-refractivity contribution is 0.117. The van der Waals surface area contributed by atoms with Crippen molar-refractivity contribution >= 4 is 11.8 Å². The molecule has 7 nitrogen and oxygen atoms in total. The summed E-state index contributed by atoms with van der Waals surface area (Å²) in [5, 5.41) is 19.3. The SMILES string of the molecule is CC(C)C(O)CCNC(=O)Nc1ccn(CCN(C)C)n1. The van der Waals surface area contributed by atoms with Crippen LogP contribution in [0.25, 0.3) is 0 Å². The molecule has 1 aromatic rings. The molecule has 2 amide bonds. The van der Waals surface area contributed by atoms with Gasteiger partial charge in [0.1, 0.15) is 0 Å². The minimum Gasteiger partial charge on any atom is -0.393 e. The zero-order valence-electron chi connectivity index (χ0n) is 13.3. The van der Waals surface area contributed by atoms with E-state index in [0.717, 1.165) is 13.1 Å². The second-order valence-electron chi connectivity index (χ2n) is 5.75.